The number of hydrogen-bond donors (Lipinski definition) is 1. The molecule has 1 aromatic carbocycles. The van der Waals surface area contributed by atoms with Crippen molar-refractivity contribution in [2.24, 2.45) is 0 Å². The number of aryl methyl sites for hydroxylation is 1. The maximum atomic E-state index is 6.23. The lowest BCUT2D eigenvalue weighted by Gasteiger charge is -2.42. The fourth-order valence-corrected chi connectivity index (χ4v) is 2.59. The summed E-state index contributed by atoms with van der Waals surface area (Å²) in [7, 11) is 2.01. The molecule has 0 atom stereocenters. The van der Waals surface area contributed by atoms with Gasteiger partial charge in [0.1, 0.15) is 11.4 Å². The van der Waals surface area contributed by atoms with E-state index < -0.39 is 0 Å². The lowest BCUT2D eigenvalue weighted by Crippen LogP contribution is -2.45. The summed E-state index contributed by atoms with van der Waals surface area (Å²) < 4.78 is 6.23. The van der Waals surface area contributed by atoms with Crippen molar-refractivity contribution in [1.29, 1.82) is 0 Å². The van der Waals surface area contributed by atoms with Crippen molar-refractivity contribution in [2.45, 2.75) is 51.0 Å². The summed E-state index contributed by atoms with van der Waals surface area (Å²) in [6.07, 6.45) is 7.17. The summed E-state index contributed by atoms with van der Waals surface area (Å²) in [5.74, 6) is 1.03. The van der Waals surface area contributed by atoms with Crippen LogP contribution < -0.4 is 10.1 Å². The second kappa shape index (κ2) is 6.24. The van der Waals surface area contributed by atoms with Gasteiger partial charge in [0.2, 0.25) is 0 Å². The number of rotatable bonds is 7. The second-order valence-electron chi connectivity index (χ2n) is 5.39. The SMILES string of the molecule is CCCc1ccc(OC2(CCNC)CCC2)cc1. The molecule has 2 nitrogen and oxygen atoms in total. The Balaban J connectivity index is 1.94. The first-order chi connectivity index (χ1) is 8.78. The minimum Gasteiger partial charge on any atom is -0.487 e. The maximum Gasteiger partial charge on any atom is 0.120 e. The summed E-state index contributed by atoms with van der Waals surface area (Å²) in [6, 6.07) is 8.65. The van der Waals surface area contributed by atoms with Crippen LogP contribution in [0.25, 0.3) is 0 Å². The van der Waals surface area contributed by atoms with Crippen molar-refractivity contribution < 1.29 is 4.74 Å². The molecule has 0 saturated heterocycles. The highest BCUT2D eigenvalue weighted by Crippen LogP contribution is 2.39. The molecule has 0 aromatic heterocycles. The highest BCUT2D eigenvalue weighted by atomic mass is 16.5. The van der Waals surface area contributed by atoms with Crippen LogP contribution in [0.4, 0.5) is 0 Å². The maximum absolute atomic E-state index is 6.23. The summed E-state index contributed by atoms with van der Waals surface area (Å²) in [4.78, 5) is 0. The van der Waals surface area contributed by atoms with Gasteiger partial charge in [0.15, 0.2) is 0 Å². The van der Waals surface area contributed by atoms with Crippen molar-refractivity contribution in [3.05, 3.63) is 29.8 Å². The molecule has 0 radical (unpaired) electrons. The molecule has 100 valence electrons. The van der Waals surface area contributed by atoms with E-state index in [1.165, 1.54) is 31.2 Å². The van der Waals surface area contributed by atoms with Gasteiger partial charge in [0.25, 0.3) is 0 Å². The third kappa shape index (κ3) is 3.26. The van der Waals surface area contributed by atoms with Crippen molar-refractivity contribution >= 4 is 0 Å². The molecule has 1 N–H and O–H groups in total. The Morgan fingerprint density at radius 1 is 1.22 bits per heavy atom. The van der Waals surface area contributed by atoms with Crippen LogP contribution in [-0.4, -0.2) is 19.2 Å². The first kappa shape index (κ1) is 13.4. The fourth-order valence-electron chi connectivity index (χ4n) is 2.59. The molecule has 0 spiro atoms. The first-order valence-corrected chi connectivity index (χ1v) is 7.20. The minimum absolute atomic E-state index is 0.106. The third-order valence-electron chi connectivity index (χ3n) is 3.89. The molecular weight excluding hydrogens is 222 g/mol. The Labute approximate surface area is 111 Å². The van der Waals surface area contributed by atoms with Crippen molar-refractivity contribution in [3.63, 3.8) is 0 Å². The van der Waals surface area contributed by atoms with Gasteiger partial charge < -0.3 is 10.1 Å². The minimum atomic E-state index is 0.106. The third-order valence-corrected chi connectivity index (χ3v) is 3.89. The number of ether oxygens (including phenoxy) is 1. The molecular formula is C16H25NO. The van der Waals surface area contributed by atoms with Gasteiger partial charge >= 0.3 is 0 Å². The molecule has 0 bridgehead atoms. The van der Waals surface area contributed by atoms with E-state index in [4.69, 9.17) is 4.74 Å². The van der Waals surface area contributed by atoms with Gasteiger partial charge in [-0.25, -0.2) is 0 Å². The van der Waals surface area contributed by atoms with Crippen molar-refractivity contribution in [3.8, 4) is 5.75 Å². The molecule has 2 heteroatoms. The van der Waals surface area contributed by atoms with Gasteiger partial charge in [-0.1, -0.05) is 25.5 Å². The van der Waals surface area contributed by atoms with E-state index in [-0.39, 0.29) is 5.60 Å². The average molecular weight is 247 g/mol. The molecule has 2 rings (SSSR count). The zero-order valence-corrected chi connectivity index (χ0v) is 11.7. The topological polar surface area (TPSA) is 21.3 Å². The van der Waals surface area contributed by atoms with Crippen LogP contribution in [0.3, 0.4) is 0 Å². The van der Waals surface area contributed by atoms with E-state index in [9.17, 15) is 0 Å². The Morgan fingerprint density at radius 3 is 2.44 bits per heavy atom. The van der Waals surface area contributed by atoms with Crippen LogP contribution in [0.1, 0.15) is 44.6 Å². The number of benzene rings is 1. The number of hydrogen-bond acceptors (Lipinski definition) is 2. The number of nitrogens with one attached hydrogen (secondary N) is 1. The summed E-state index contributed by atoms with van der Waals surface area (Å²) in [5.41, 5.74) is 1.51. The van der Waals surface area contributed by atoms with Crippen LogP contribution in [0, 0.1) is 0 Å². The van der Waals surface area contributed by atoms with E-state index in [0.717, 1.165) is 25.1 Å². The van der Waals surface area contributed by atoms with E-state index in [0.29, 0.717) is 0 Å². The van der Waals surface area contributed by atoms with Gasteiger partial charge in [-0.2, -0.15) is 0 Å². The average Bonchev–Trinajstić information content (AvgIpc) is 2.35. The largest absolute Gasteiger partial charge is 0.487 e. The lowest BCUT2D eigenvalue weighted by molar-refractivity contribution is -0.0138. The highest BCUT2D eigenvalue weighted by molar-refractivity contribution is 5.28. The predicted molar refractivity (Wildman–Crippen MR) is 76.2 cm³/mol. The fraction of sp³-hybridized carbons (Fsp3) is 0.625. The molecule has 18 heavy (non-hydrogen) atoms. The molecule has 1 fully saturated rings. The molecule has 0 unspecified atom stereocenters. The van der Waals surface area contributed by atoms with E-state index >= 15 is 0 Å². The van der Waals surface area contributed by atoms with Crippen LogP contribution in [0.15, 0.2) is 24.3 Å². The van der Waals surface area contributed by atoms with Gasteiger partial charge in [0, 0.05) is 0 Å². The summed E-state index contributed by atoms with van der Waals surface area (Å²) in [6.45, 7) is 3.25. The van der Waals surface area contributed by atoms with E-state index in [1.807, 2.05) is 7.05 Å². The Morgan fingerprint density at radius 2 is 1.94 bits per heavy atom. The predicted octanol–water partition coefficient (Wildman–Crippen LogP) is 3.55. The molecule has 0 amide bonds. The monoisotopic (exact) mass is 247 g/mol. The second-order valence-corrected chi connectivity index (χ2v) is 5.39. The van der Waals surface area contributed by atoms with Gasteiger partial charge in [-0.3, -0.25) is 0 Å². The molecule has 1 saturated carbocycles. The van der Waals surface area contributed by atoms with Gasteiger partial charge in [-0.05, 0) is 63.4 Å². The van der Waals surface area contributed by atoms with Crippen LogP contribution in [0.5, 0.6) is 5.75 Å². The van der Waals surface area contributed by atoms with E-state index in [1.54, 1.807) is 0 Å². The molecule has 1 aromatic rings. The van der Waals surface area contributed by atoms with Crippen LogP contribution >= 0.6 is 0 Å². The van der Waals surface area contributed by atoms with Crippen LogP contribution in [0.2, 0.25) is 0 Å². The highest BCUT2D eigenvalue weighted by Gasteiger charge is 2.38. The summed E-state index contributed by atoms with van der Waals surface area (Å²) >= 11 is 0. The Hall–Kier alpha value is -1.02. The zero-order valence-electron chi connectivity index (χ0n) is 11.7. The van der Waals surface area contributed by atoms with Gasteiger partial charge in [-0.15, -0.1) is 0 Å². The van der Waals surface area contributed by atoms with E-state index in [2.05, 4.69) is 36.5 Å². The molecule has 0 aliphatic heterocycles. The normalized spacial score (nSPS) is 17.2. The molecule has 1 aliphatic rings. The molecule has 0 heterocycles. The smallest absolute Gasteiger partial charge is 0.120 e. The Bertz CT molecular complexity index is 354. The zero-order chi connectivity index (χ0) is 12.8. The Kier molecular flexibility index (Phi) is 4.65. The molecule has 1 aliphatic carbocycles. The first-order valence-electron chi connectivity index (χ1n) is 7.20. The van der Waals surface area contributed by atoms with Crippen molar-refractivity contribution in [2.75, 3.05) is 13.6 Å². The lowest BCUT2D eigenvalue weighted by atomic mass is 9.77. The summed E-state index contributed by atoms with van der Waals surface area (Å²) in [5, 5.41) is 3.22. The van der Waals surface area contributed by atoms with Crippen LogP contribution in [-0.2, 0) is 6.42 Å². The van der Waals surface area contributed by atoms with Crippen molar-refractivity contribution in [1.82, 2.24) is 5.32 Å². The quantitative estimate of drug-likeness (QED) is 0.795. The standard InChI is InChI=1S/C16H25NO/c1-3-5-14-6-8-15(9-7-14)18-16(10-4-11-16)12-13-17-2/h6-9,17H,3-5,10-13H2,1-2H3. The van der Waals surface area contributed by atoms with Gasteiger partial charge in [0.05, 0.1) is 0 Å².